The Kier molecular flexibility index (Phi) is 8.43. The van der Waals surface area contributed by atoms with E-state index in [-0.39, 0.29) is 6.61 Å². The van der Waals surface area contributed by atoms with E-state index in [1.165, 1.54) is 36.3 Å². The van der Waals surface area contributed by atoms with E-state index < -0.39 is 30.6 Å². The summed E-state index contributed by atoms with van der Waals surface area (Å²) in [7, 11) is 0.265. The Morgan fingerprint density at radius 1 is 1.24 bits per heavy atom. The molecule has 2 aromatic carbocycles. The second-order valence-corrected chi connectivity index (χ2v) is 11.7. The van der Waals surface area contributed by atoms with Gasteiger partial charge < -0.3 is 14.7 Å². The van der Waals surface area contributed by atoms with E-state index in [2.05, 4.69) is 5.32 Å². The number of thiophene rings is 1. The number of likely N-dealkylation sites (N-methyl/N-ethyl adjacent to an activating group) is 1. The molecule has 1 heterocycles. The second-order valence-electron chi connectivity index (χ2n) is 7.79. The van der Waals surface area contributed by atoms with E-state index >= 15 is 0 Å². The lowest BCUT2D eigenvalue weighted by Gasteiger charge is -2.24. The van der Waals surface area contributed by atoms with Crippen LogP contribution in [0.1, 0.15) is 16.8 Å². The first-order valence-corrected chi connectivity index (χ1v) is 13.4. The largest absolute Gasteiger partial charge is 0.332 e. The van der Waals surface area contributed by atoms with Gasteiger partial charge in [0, 0.05) is 29.1 Å². The van der Waals surface area contributed by atoms with Crippen LogP contribution >= 0.6 is 30.3 Å². The number of carbonyl (C=O) groups is 1. The molecule has 176 valence electrons. The minimum Gasteiger partial charge on any atom is -0.332 e. The van der Waals surface area contributed by atoms with Gasteiger partial charge in [-0.25, -0.2) is 8.78 Å². The summed E-state index contributed by atoms with van der Waals surface area (Å²) < 4.78 is 46.8. The van der Waals surface area contributed by atoms with Gasteiger partial charge in [-0.15, -0.1) is 11.3 Å². The fraction of sp³-hybridized carbons (Fsp3) is 0.261. The molecular weight excluding hydrogens is 489 g/mol. The number of rotatable bonds is 9. The first kappa shape index (κ1) is 25.5. The zero-order valence-electron chi connectivity index (χ0n) is 18.3. The lowest BCUT2D eigenvalue weighted by molar-refractivity contribution is -0.120. The van der Waals surface area contributed by atoms with E-state index in [9.17, 15) is 18.1 Å². The van der Waals surface area contributed by atoms with Crippen molar-refractivity contribution in [2.24, 2.45) is 0 Å². The molecule has 1 amide bonds. The molecule has 0 radical (unpaired) electrons. The van der Waals surface area contributed by atoms with E-state index in [4.69, 9.17) is 16.1 Å². The van der Waals surface area contributed by atoms with Crippen LogP contribution in [0.25, 0.3) is 16.2 Å². The first-order chi connectivity index (χ1) is 15.6. The Bertz CT molecular complexity index is 1230. The predicted octanol–water partition coefficient (Wildman–Crippen LogP) is 6.15. The van der Waals surface area contributed by atoms with Crippen molar-refractivity contribution in [3.8, 4) is 0 Å². The van der Waals surface area contributed by atoms with E-state index in [1.54, 1.807) is 17.5 Å². The Hall–Kier alpha value is -2.09. The molecule has 10 heteroatoms. The number of nitrogens with one attached hydrogen (secondary N) is 1. The molecule has 0 saturated carbocycles. The molecule has 3 aromatic rings. The minimum atomic E-state index is -3.47. The van der Waals surface area contributed by atoms with Crippen LogP contribution in [0.2, 0.25) is 5.02 Å². The van der Waals surface area contributed by atoms with Gasteiger partial charge in [-0.05, 0) is 72.4 Å². The molecular formula is C23H24ClF2N2O3PS. The number of nitrogens with zero attached hydrogens (tertiary/aromatic N) is 1. The maximum absolute atomic E-state index is 13.6. The molecule has 33 heavy (non-hydrogen) atoms. The SMILES string of the molecule is CN(C)CCOP(C)(=O)C(C(=O)NC=Cc1ccc(F)c(F)c1)c1csc2ccc(Cl)cc12. The number of hydrogen-bond donors (Lipinski definition) is 1. The molecule has 0 saturated heterocycles. The summed E-state index contributed by atoms with van der Waals surface area (Å²) in [5.74, 6) is -2.49. The van der Waals surface area contributed by atoms with E-state index in [0.29, 0.717) is 22.7 Å². The Morgan fingerprint density at radius 3 is 2.70 bits per heavy atom. The van der Waals surface area contributed by atoms with Crippen LogP contribution in [0, 0.1) is 11.6 Å². The molecule has 2 atom stereocenters. The van der Waals surface area contributed by atoms with Gasteiger partial charge in [-0.1, -0.05) is 17.7 Å². The summed E-state index contributed by atoms with van der Waals surface area (Å²) >= 11 is 7.59. The highest BCUT2D eigenvalue weighted by molar-refractivity contribution is 7.59. The second kappa shape index (κ2) is 10.9. The Morgan fingerprint density at radius 2 is 2.00 bits per heavy atom. The normalized spacial score (nSPS) is 14.6. The van der Waals surface area contributed by atoms with Gasteiger partial charge in [0.05, 0.1) is 6.61 Å². The highest BCUT2D eigenvalue weighted by Crippen LogP contribution is 2.58. The fourth-order valence-electron chi connectivity index (χ4n) is 3.23. The molecule has 2 unspecified atom stereocenters. The van der Waals surface area contributed by atoms with Crippen molar-refractivity contribution in [3.05, 3.63) is 75.8 Å². The molecule has 5 nitrogen and oxygen atoms in total. The highest BCUT2D eigenvalue weighted by Gasteiger charge is 2.38. The van der Waals surface area contributed by atoms with Crippen molar-refractivity contribution in [1.29, 1.82) is 0 Å². The predicted molar refractivity (Wildman–Crippen MR) is 131 cm³/mol. The summed E-state index contributed by atoms with van der Waals surface area (Å²) in [6.45, 7) is 2.18. The topological polar surface area (TPSA) is 58.6 Å². The third-order valence-electron chi connectivity index (χ3n) is 4.91. The Labute approximate surface area is 200 Å². The van der Waals surface area contributed by atoms with Crippen molar-refractivity contribution in [1.82, 2.24) is 10.2 Å². The van der Waals surface area contributed by atoms with Gasteiger partial charge in [-0.3, -0.25) is 9.36 Å². The monoisotopic (exact) mass is 512 g/mol. The van der Waals surface area contributed by atoms with Gasteiger partial charge in [0.15, 0.2) is 11.6 Å². The number of fused-ring (bicyclic) bond motifs is 1. The van der Waals surface area contributed by atoms with Gasteiger partial charge in [0.25, 0.3) is 0 Å². The molecule has 1 aromatic heterocycles. The minimum absolute atomic E-state index is 0.193. The van der Waals surface area contributed by atoms with E-state index in [1.807, 2.05) is 25.1 Å². The number of amides is 1. The standard InChI is InChI=1S/C23H24ClF2N2O3PS/c1-28(2)10-11-31-32(3,30)22(18-14-33-21-7-5-16(24)13-17(18)21)23(29)27-9-8-15-4-6-19(25)20(26)12-15/h4-9,12-14,22H,10-11H2,1-3H3,(H,27,29). The molecule has 1 N–H and O–H groups in total. The summed E-state index contributed by atoms with van der Waals surface area (Å²) in [5, 5.41) is 5.63. The summed E-state index contributed by atoms with van der Waals surface area (Å²) in [4.78, 5) is 15.1. The summed E-state index contributed by atoms with van der Waals surface area (Å²) in [6, 6.07) is 8.72. The molecule has 0 aliphatic heterocycles. The molecule has 3 rings (SSSR count). The molecule has 0 aliphatic carbocycles. The summed E-state index contributed by atoms with van der Waals surface area (Å²) in [6.07, 6.45) is 2.73. The third kappa shape index (κ3) is 6.49. The molecule has 0 fully saturated rings. The van der Waals surface area contributed by atoms with Crippen molar-refractivity contribution >= 4 is 52.4 Å². The zero-order valence-corrected chi connectivity index (χ0v) is 20.8. The number of hydrogen-bond acceptors (Lipinski definition) is 5. The van der Waals surface area contributed by atoms with Crippen LogP contribution in [-0.2, 0) is 13.9 Å². The smallest absolute Gasteiger partial charge is 0.241 e. The van der Waals surface area contributed by atoms with E-state index in [0.717, 1.165) is 22.2 Å². The Balaban J connectivity index is 1.91. The lowest BCUT2D eigenvalue weighted by atomic mass is 10.1. The van der Waals surface area contributed by atoms with Gasteiger partial charge in [-0.2, -0.15) is 0 Å². The molecule has 0 bridgehead atoms. The molecule has 0 spiro atoms. The summed E-state index contributed by atoms with van der Waals surface area (Å²) in [5.41, 5.74) is -0.158. The van der Waals surface area contributed by atoms with Crippen molar-refractivity contribution < 1.29 is 22.7 Å². The molecule has 0 aliphatic rings. The van der Waals surface area contributed by atoms with Crippen LogP contribution in [0.5, 0.6) is 0 Å². The van der Waals surface area contributed by atoms with Crippen LogP contribution in [-0.4, -0.2) is 44.7 Å². The maximum atomic E-state index is 13.6. The van der Waals surface area contributed by atoms with Crippen LogP contribution in [0.3, 0.4) is 0 Å². The van der Waals surface area contributed by atoms with Crippen molar-refractivity contribution in [2.45, 2.75) is 5.66 Å². The maximum Gasteiger partial charge on any atom is 0.241 e. The lowest BCUT2D eigenvalue weighted by Crippen LogP contribution is -2.26. The van der Waals surface area contributed by atoms with Crippen LogP contribution < -0.4 is 5.32 Å². The average Bonchev–Trinajstić information content (AvgIpc) is 3.12. The third-order valence-corrected chi connectivity index (χ3v) is 8.27. The van der Waals surface area contributed by atoms with Crippen molar-refractivity contribution in [3.63, 3.8) is 0 Å². The number of carbonyl (C=O) groups excluding carboxylic acids is 1. The van der Waals surface area contributed by atoms with Crippen molar-refractivity contribution in [2.75, 3.05) is 33.9 Å². The average molecular weight is 513 g/mol. The number of benzene rings is 2. The number of halogens is 3. The fourth-order valence-corrected chi connectivity index (χ4v) is 6.29. The quantitative estimate of drug-likeness (QED) is 0.349. The highest BCUT2D eigenvalue weighted by atomic mass is 35.5. The van der Waals surface area contributed by atoms with Crippen LogP contribution in [0.4, 0.5) is 8.78 Å². The van der Waals surface area contributed by atoms with Gasteiger partial charge in [0.1, 0.15) is 5.66 Å². The van der Waals surface area contributed by atoms with Gasteiger partial charge in [0.2, 0.25) is 13.3 Å². The van der Waals surface area contributed by atoms with Crippen LogP contribution in [0.15, 0.2) is 48.0 Å². The zero-order chi connectivity index (χ0) is 24.2. The first-order valence-electron chi connectivity index (χ1n) is 10.0. The van der Waals surface area contributed by atoms with Gasteiger partial charge >= 0.3 is 0 Å².